The number of benzene rings is 1. The van der Waals surface area contributed by atoms with Crippen LogP contribution >= 0.6 is 0 Å². The standard InChI is InChI=1S/C25H28N2O4/c1-16-19(4-5-23(28)27-13-9-17-7-11-26-12-8-17)24(29)30-22-15-21-18(14-20(16)22)6-10-25(2,3)31-21/h7-8,11-12,14-15H,4-6,9-10,13H2,1-3H3,(H,27,28). The third-order valence-electron chi connectivity index (χ3n) is 5.94. The highest BCUT2D eigenvalue weighted by Gasteiger charge is 2.27. The Bertz CT molecular complexity index is 1170. The predicted octanol–water partition coefficient (Wildman–Crippen LogP) is 3.89. The zero-order valence-electron chi connectivity index (χ0n) is 18.3. The monoisotopic (exact) mass is 420 g/mol. The fraction of sp³-hybridized carbons (Fsp3) is 0.400. The zero-order chi connectivity index (χ0) is 22.0. The molecule has 0 atom stereocenters. The summed E-state index contributed by atoms with van der Waals surface area (Å²) in [7, 11) is 0. The summed E-state index contributed by atoms with van der Waals surface area (Å²) in [6.07, 6.45) is 6.68. The summed E-state index contributed by atoms with van der Waals surface area (Å²) in [5.74, 6) is 0.710. The molecule has 0 aliphatic carbocycles. The van der Waals surface area contributed by atoms with Gasteiger partial charge in [-0.25, -0.2) is 4.79 Å². The van der Waals surface area contributed by atoms with Crippen LogP contribution in [0.1, 0.15) is 48.9 Å². The van der Waals surface area contributed by atoms with E-state index in [1.165, 1.54) is 0 Å². The van der Waals surface area contributed by atoms with E-state index in [0.29, 0.717) is 24.1 Å². The van der Waals surface area contributed by atoms with Crippen LogP contribution in [0, 0.1) is 6.92 Å². The molecule has 1 aliphatic rings. The number of aromatic nitrogens is 1. The van der Waals surface area contributed by atoms with Gasteiger partial charge < -0.3 is 14.5 Å². The first-order valence-corrected chi connectivity index (χ1v) is 10.8. The Labute approximate surface area is 181 Å². The lowest BCUT2D eigenvalue weighted by atomic mass is 9.92. The molecule has 4 rings (SSSR count). The van der Waals surface area contributed by atoms with Crippen LogP contribution in [0.3, 0.4) is 0 Å². The number of carbonyl (C=O) groups is 1. The van der Waals surface area contributed by atoms with Gasteiger partial charge >= 0.3 is 5.63 Å². The molecule has 0 unspecified atom stereocenters. The minimum absolute atomic E-state index is 0.0750. The summed E-state index contributed by atoms with van der Waals surface area (Å²) < 4.78 is 11.7. The molecule has 3 heterocycles. The van der Waals surface area contributed by atoms with E-state index < -0.39 is 0 Å². The van der Waals surface area contributed by atoms with Crippen molar-refractivity contribution >= 4 is 16.9 Å². The summed E-state index contributed by atoms with van der Waals surface area (Å²) in [6.45, 7) is 6.60. The molecular weight excluding hydrogens is 392 g/mol. The second-order valence-corrected chi connectivity index (χ2v) is 8.77. The topological polar surface area (TPSA) is 81.4 Å². The van der Waals surface area contributed by atoms with E-state index in [4.69, 9.17) is 9.15 Å². The van der Waals surface area contributed by atoms with Crippen molar-refractivity contribution in [2.45, 2.75) is 58.5 Å². The largest absolute Gasteiger partial charge is 0.487 e. The molecule has 1 aromatic carbocycles. The summed E-state index contributed by atoms with van der Waals surface area (Å²) >= 11 is 0. The Hall–Kier alpha value is -3.15. The van der Waals surface area contributed by atoms with Gasteiger partial charge in [0, 0.05) is 42.4 Å². The maximum absolute atomic E-state index is 12.6. The molecule has 162 valence electrons. The maximum atomic E-state index is 12.6. The third kappa shape index (κ3) is 4.79. The lowest BCUT2D eigenvalue weighted by molar-refractivity contribution is -0.121. The van der Waals surface area contributed by atoms with E-state index >= 15 is 0 Å². The SMILES string of the molecule is Cc1c(CCC(=O)NCCc2ccncc2)c(=O)oc2cc3c(cc12)CCC(C)(C)O3. The van der Waals surface area contributed by atoms with Gasteiger partial charge in [-0.15, -0.1) is 0 Å². The smallest absolute Gasteiger partial charge is 0.339 e. The molecule has 31 heavy (non-hydrogen) atoms. The number of ether oxygens (including phenoxy) is 1. The first-order valence-electron chi connectivity index (χ1n) is 10.8. The quantitative estimate of drug-likeness (QED) is 0.612. The van der Waals surface area contributed by atoms with Crippen LogP contribution in [-0.4, -0.2) is 23.0 Å². The van der Waals surface area contributed by atoms with E-state index in [9.17, 15) is 9.59 Å². The lowest BCUT2D eigenvalue weighted by Crippen LogP contribution is -2.32. The lowest BCUT2D eigenvalue weighted by Gasteiger charge is -2.32. The molecule has 0 radical (unpaired) electrons. The number of amides is 1. The minimum atomic E-state index is -0.385. The van der Waals surface area contributed by atoms with E-state index in [0.717, 1.165) is 47.1 Å². The zero-order valence-corrected chi connectivity index (χ0v) is 18.3. The van der Waals surface area contributed by atoms with Gasteiger partial charge in [-0.3, -0.25) is 9.78 Å². The van der Waals surface area contributed by atoms with Gasteiger partial charge in [0.25, 0.3) is 0 Å². The fourth-order valence-electron chi connectivity index (χ4n) is 4.05. The van der Waals surface area contributed by atoms with Gasteiger partial charge in [0.1, 0.15) is 16.9 Å². The molecule has 3 aromatic rings. The summed E-state index contributed by atoms with van der Waals surface area (Å²) in [5.41, 5.74) is 3.62. The van der Waals surface area contributed by atoms with Crippen LogP contribution in [0.4, 0.5) is 0 Å². The van der Waals surface area contributed by atoms with Crippen molar-refractivity contribution in [3.05, 3.63) is 69.3 Å². The molecule has 0 saturated heterocycles. The Balaban J connectivity index is 1.45. The van der Waals surface area contributed by atoms with E-state index in [-0.39, 0.29) is 23.6 Å². The fourth-order valence-corrected chi connectivity index (χ4v) is 4.05. The first kappa shape index (κ1) is 21.1. The molecule has 6 nitrogen and oxygen atoms in total. The Morgan fingerprint density at radius 3 is 2.74 bits per heavy atom. The van der Waals surface area contributed by atoms with Crippen molar-refractivity contribution in [3.8, 4) is 5.75 Å². The van der Waals surface area contributed by atoms with Crippen LogP contribution in [0.15, 0.2) is 45.9 Å². The van der Waals surface area contributed by atoms with Gasteiger partial charge in [0.05, 0.1) is 0 Å². The normalized spacial score (nSPS) is 14.7. The van der Waals surface area contributed by atoms with Gasteiger partial charge in [0.15, 0.2) is 0 Å². The average Bonchev–Trinajstić information content (AvgIpc) is 2.72. The second kappa shape index (κ2) is 8.53. The van der Waals surface area contributed by atoms with Gasteiger partial charge in [-0.1, -0.05) is 0 Å². The number of pyridine rings is 1. The predicted molar refractivity (Wildman–Crippen MR) is 120 cm³/mol. The van der Waals surface area contributed by atoms with Crippen molar-refractivity contribution in [3.63, 3.8) is 0 Å². The molecule has 2 aromatic heterocycles. The average molecular weight is 421 g/mol. The minimum Gasteiger partial charge on any atom is -0.487 e. The van der Waals surface area contributed by atoms with Gasteiger partial charge in [0.2, 0.25) is 5.91 Å². The van der Waals surface area contributed by atoms with Crippen molar-refractivity contribution in [1.29, 1.82) is 0 Å². The number of rotatable bonds is 6. The van der Waals surface area contributed by atoms with Crippen LogP contribution in [-0.2, 0) is 24.1 Å². The molecule has 0 fully saturated rings. The molecule has 6 heteroatoms. The molecule has 1 N–H and O–H groups in total. The molecule has 1 amide bonds. The molecule has 0 spiro atoms. The van der Waals surface area contributed by atoms with E-state index in [1.807, 2.05) is 25.1 Å². The Kier molecular flexibility index (Phi) is 5.81. The summed E-state index contributed by atoms with van der Waals surface area (Å²) in [4.78, 5) is 28.9. The van der Waals surface area contributed by atoms with Crippen molar-refractivity contribution < 1.29 is 13.9 Å². The number of carbonyl (C=O) groups excluding carboxylic acids is 1. The molecule has 0 bridgehead atoms. The van der Waals surface area contributed by atoms with Crippen LogP contribution in [0.2, 0.25) is 0 Å². The number of aryl methyl sites for hydroxylation is 2. The third-order valence-corrected chi connectivity index (χ3v) is 5.94. The van der Waals surface area contributed by atoms with Crippen LogP contribution in [0.5, 0.6) is 5.75 Å². The summed E-state index contributed by atoms with van der Waals surface area (Å²) in [5, 5.41) is 3.83. The number of nitrogens with zero attached hydrogens (tertiary/aromatic N) is 1. The second-order valence-electron chi connectivity index (χ2n) is 8.77. The van der Waals surface area contributed by atoms with Crippen molar-refractivity contribution in [1.82, 2.24) is 10.3 Å². The van der Waals surface area contributed by atoms with Crippen LogP contribution < -0.4 is 15.7 Å². The number of fused-ring (bicyclic) bond motifs is 2. The number of nitrogens with one attached hydrogen (secondary N) is 1. The first-order chi connectivity index (χ1) is 14.8. The summed E-state index contributed by atoms with van der Waals surface area (Å²) in [6, 6.07) is 7.76. The highest BCUT2D eigenvalue weighted by atomic mass is 16.5. The van der Waals surface area contributed by atoms with Gasteiger partial charge in [-0.2, -0.15) is 0 Å². The Morgan fingerprint density at radius 2 is 1.97 bits per heavy atom. The highest BCUT2D eigenvalue weighted by molar-refractivity contribution is 5.84. The van der Waals surface area contributed by atoms with Crippen molar-refractivity contribution in [2.24, 2.45) is 0 Å². The number of hydrogen-bond donors (Lipinski definition) is 1. The van der Waals surface area contributed by atoms with Crippen LogP contribution in [0.25, 0.3) is 11.0 Å². The molecular formula is C25H28N2O4. The number of hydrogen-bond acceptors (Lipinski definition) is 5. The van der Waals surface area contributed by atoms with Gasteiger partial charge in [-0.05, 0) is 81.3 Å². The van der Waals surface area contributed by atoms with E-state index in [2.05, 4.69) is 30.2 Å². The molecule has 1 aliphatic heterocycles. The maximum Gasteiger partial charge on any atom is 0.339 e. The molecule has 0 saturated carbocycles. The highest BCUT2D eigenvalue weighted by Crippen LogP contribution is 2.36. The van der Waals surface area contributed by atoms with E-state index in [1.54, 1.807) is 12.4 Å². The Morgan fingerprint density at radius 1 is 1.19 bits per heavy atom. The van der Waals surface area contributed by atoms with Crippen molar-refractivity contribution in [2.75, 3.05) is 6.54 Å².